The van der Waals surface area contributed by atoms with Crippen molar-refractivity contribution in [2.45, 2.75) is 6.92 Å². The van der Waals surface area contributed by atoms with Gasteiger partial charge in [0.05, 0.1) is 5.56 Å². The molecule has 0 bridgehead atoms. The first kappa shape index (κ1) is 13.6. The number of hydrogen-bond acceptors (Lipinski definition) is 3. The summed E-state index contributed by atoms with van der Waals surface area (Å²) in [4.78, 5) is 12.4. The summed E-state index contributed by atoms with van der Waals surface area (Å²) in [7, 11) is -2.12. The van der Waals surface area contributed by atoms with Gasteiger partial charge in [0, 0.05) is 11.7 Å². The van der Waals surface area contributed by atoms with Crippen molar-refractivity contribution in [1.29, 1.82) is 0 Å². The van der Waals surface area contributed by atoms with Crippen LogP contribution in [0.3, 0.4) is 0 Å². The van der Waals surface area contributed by atoms with E-state index in [-0.39, 0.29) is 5.78 Å². The van der Waals surface area contributed by atoms with Gasteiger partial charge < -0.3 is 4.52 Å². The summed E-state index contributed by atoms with van der Waals surface area (Å²) in [6, 6.07) is 15.9. The molecule has 3 nitrogen and oxygen atoms in total. The number of hydrogen-bond donors (Lipinski definition) is 0. The van der Waals surface area contributed by atoms with Crippen molar-refractivity contribution in [2.24, 2.45) is 0 Å². The highest BCUT2D eigenvalue weighted by atomic mass is 31.1. The Labute approximate surface area is 113 Å². The van der Waals surface area contributed by atoms with Crippen molar-refractivity contribution in [1.82, 2.24) is 0 Å². The fourth-order valence-electron chi connectivity index (χ4n) is 1.68. The summed E-state index contributed by atoms with van der Waals surface area (Å²) in [5.74, 6) is 0.268. The fraction of sp³-hybridized carbons (Fsp3) is 0.133. The monoisotopic (exact) mass is 274 g/mol. The number of para-hydroxylation sites is 1. The Morgan fingerprint density at radius 2 is 1.68 bits per heavy atom. The summed E-state index contributed by atoms with van der Waals surface area (Å²) < 4.78 is 16.9. The first-order valence-corrected chi connectivity index (χ1v) is 7.64. The maximum atomic E-state index is 12.4. The molecule has 2 rings (SSSR count). The zero-order valence-electron chi connectivity index (χ0n) is 10.6. The molecule has 98 valence electrons. The molecule has 2 aromatic rings. The molecule has 0 saturated heterocycles. The second kappa shape index (κ2) is 6.35. The van der Waals surface area contributed by atoms with Gasteiger partial charge in [-0.25, -0.2) is 0 Å². The van der Waals surface area contributed by atoms with Crippen molar-refractivity contribution in [2.75, 3.05) is 6.16 Å². The highest BCUT2D eigenvalue weighted by Gasteiger charge is 2.14. The molecule has 4 heteroatoms. The van der Waals surface area contributed by atoms with Gasteiger partial charge >= 0.3 is 0 Å². The highest BCUT2D eigenvalue weighted by Crippen LogP contribution is 2.30. The van der Waals surface area contributed by atoms with Crippen molar-refractivity contribution in [3.8, 4) is 5.75 Å². The smallest absolute Gasteiger partial charge is 0.236 e. The Morgan fingerprint density at radius 1 is 1.05 bits per heavy atom. The molecule has 0 N–H and O–H groups in total. The zero-order chi connectivity index (χ0) is 13.7. The summed E-state index contributed by atoms with van der Waals surface area (Å²) in [6.45, 7) is 1.79. The van der Waals surface area contributed by atoms with E-state index in [1.165, 1.54) is 0 Å². The van der Waals surface area contributed by atoms with Crippen LogP contribution in [0.5, 0.6) is 5.75 Å². The Morgan fingerprint density at radius 3 is 2.37 bits per heavy atom. The first-order chi connectivity index (χ1) is 9.22. The van der Waals surface area contributed by atoms with Crippen LogP contribution in [-0.4, -0.2) is 11.9 Å². The number of ketones is 1. The minimum Gasteiger partial charge on any atom is -0.444 e. The lowest BCUT2D eigenvalue weighted by Crippen LogP contribution is -2.03. The molecule has 1 atom stereocenters. The van der Waals surface area contributed by atoms with Crippen LogP contribution < -0.4 is 4.52 Å². The lowest BCUT2D eigenvalue weighted by molar-refractivity contribution is 0.103. The molecule has 0 amide bonds. The molecule has 2 aromatic carbocycles. The van der Waals surface area contributed by atoms with Gasteiger partial charge in [-0.15, -0.1) is 0 Å². The number of benzene rings is 2. The van der Waals surface area contributed by atoms with E-state index in [4.69, 9.17) is 4.52 Å². The standard InChI is InChI=1S/C15H15O3P/c1-2-19(17)18-14-11-7-6-10-13(14)15(16)12-8-4-3-5-9-12/h3-11,19H,2H2,1H3. The lowest BCUT2D eigenvalue weighted by Gasteiger charge is -2.09. The minimum atomic E-state index is -2.12. The highest BCUT2D eigenvalue weighted by molar-refractivity contribution is 7.39. The Balaban J connectivity index is 2.35. The number of rotatable bonds is 5. The van der Waals surface area contributed by atoms with Crippen LogP contribution in [0.4, 0.5) is 0 Å². The molecule has 19 heavy (non-hydrogen) atoms. The molecule has 0 saturated carbocycles. The van der Waals surface area contributed by atoms with Gasteiger partial charge in [0.1, 0.15) is 5.75 Å². The van der Waals surface area contributed by atoms with Crippen LogP contribution >= 0.6 is 8.03 Å². The topological polar surface area (TPSA) is 43.4 Å². The van der Waals surface area contributed by atoms with E-state index in [9.17, 15) is 9.36 Å². The average Bonchev–Trinajstić information content (AvgIpc) is 2.48. The molecule has 0 fully saturated rings. The fourth-order valence-corrected chi connectivity index (χ4v) is 2.25. The van der Waals surface area contributed by atoms with Gasteiger partial charge in [0.25, 0.3) is 0 Å². The lowest BCUT2D eigenvalue weighted by atomic mass is 10.0. The average molecular weight is 274 g/mol. The molecule has 0 aromatic heterocycles. The molecule has 0 aliphatic rings. The van der Waals surface area contributed by atoms with Crippen LogP contribution in [0.25, 0.3) is 0 Å². The Kier molecular flexibility index (Phi) is 4.53. The van der Waals surface area contributed by atoms with Crippen molar-refractivity contribution < 1.29 is 13.9 Å². The molecule has 0 spiro atoms. The second-order valence-corrected chi connectivity index (χ2v) is 5.67. The maximum Gasteiger partial charge on any atom is 0.236 e. The van der Waals surface area contributed by atoms with E-state index < -0.39 is 8.03 Å². The van der Waals surface area contributed by atoms with Gasteiger partial charge in [-0.05, 0) is 12.1 Å². The van der Waals surface area contributed by atoms with E-state index in [0.717, 1.165) is 0 Å². The molecule has 0 radical (unpaired) electrons. The molecular weight excluding hydrogens is 259 g/mol. The van der Waals surface area contributed by atoms with Crippen LogP contribution in [0.1, 0.15) is 22.8 Å². The second-order valence-electron chi connectivity index (χ2n) is 4.02. The van der Waals surface area contributed by atoms with E-state index in [1.807, 2.05) is 18.2 Å². The Bertz CT molecular complexity index is 593. The molecule has 0 heterocycles. The predicted octanol–water partition coefficient (Wildman–Crippen LogP) is 3.79. The quantitative estimate of drug-likeness (QED) is 0.615. The normalized spacial score (nSPS) is 11.8. The van der Waals surface area contributed by atoms with Gasteiger partial charge in [-0.3, -0.25) is 9.36 Å². The Hall–Kier alpha value is -1.86. The third-order valence-corrected chi connectivity index (χ3v) is 3.71. The molecule has 1 unspecified atom stereocenters. The van der Waals surface area contributed by atoms with E-state index in [0.29, 0.717) is 23.0 Å². The first-order valence-electron chi connectivity index (χ1n) is 6.12. The van der Waals surface area contributed by atoms with Crippen molar-refractivity contribution in [3.63, 3.8) is 0 Å². The van der Waals surface area contributed by atoms with E-state index >= 15 is 0 Å². The molecular formula is C15H15O3P. The minimum absolute atomic E-state index is 0.123. The zero-order valence-corrected chi connectivity index (χ0v) is 11.6. The molecule has 0 aliphatic heterocycles. The van der Waals surface area contributed by atoms with Crippen LogP contribution in [0.15, 0.2) is 54.6 Å². The van der Waals surface area contributed by atoms with Crippen LogP contribution in [-0.2, 0) is 4.57 Å². The van der Waals surface area contributed by atoms with Crippen LogP contribution in [0.2, 0.25) is 0 Å². The largest absolute Gasteiger partial charge is 0.444 e. The summed E-state index contributed by atoms with van der Waals surface area (Å²) >= 11 is 0. The van der Waals surface area contributed by atoms with E-state index in [2.05, 4.69) is 0 Å². The van der Waals surface area contributed by atoms with Gasteiger partial charge in [-0.2, -0.15) is 0 Å². The third kappa shape index (κ3) is 3.33. The summed E-state index contributed by atoms with van der Waals surface area (Å²) in [6.07, 6.45) is 0.457. The number of carbonyl (C=O) groups is 1. The molecule has 0 aliphatic carbocycles. The van der Waals surface area contributed by atoms with Crippen molar-refractivity contribution >= 4 is 13.8 Å². The SMILES string of the molecule is CC[PH](=O)Oc1ccccc1C(=O)c1ccccc1. The summed E-state index contributed by atoms with van der Waals surface area (Å²) in [5, 5.41) is 0. The maximum absolute atomic E-state index is 12.4. The van der Waals surface area contributed by atoms with E-state index in [1.54, 1.807) is 43.3 Å². The predicted molar refractivity (Wildman–Crippen MR) is 76.5 cm³/mol. The van der Waals surface area contributed by atoms with Gasteiger partial charge in [0.2, 0.25) is 8.03 Å². The van der Waals surface area contributed by atoms with Gasteiger partial charge in [-0.1, -0.05) is 49.4 Å². The van der Waals surface area contributed by atoms with Crippen molar-refractivity contribution in [3.05, 3.63) is 65.7 Å². The van der Waals surface area contributed by atoms with Gasteiger partial charge in [0.15, 0.2) is 5.78 Å². The third-order valence-electron chi connectivity index (χ3n) is 2.68. The number of carbonyl (C=O) groups excluding carboxylic acids is 1. The summed E-state index contributed by atoms with van der Waals surface area (Å²) in [5.41, 5.74) is 1.04. The van der Waals surface area contributed by atoms with Crippen LogP contribution in [0, 0.1) is 0 Å².